The van der Waals surface area contributed by atoms with Crippen LogP contribution in [0.2, 0.25) is 10.0 Å². The summed E-state index contributed by atoms with van der Waals surface area (Å²) in [5, 5.41) is 18.9. The Labute approximate surface area is 159 Å². The zero-order valence-electron chi connectivity index (χ0n) is 14.1. The summed E-state index contributed by atoms with van der Waals surface area (Å²) >= 11 is 12.4. The van der Waals surface area contributed by atoms with Gasteiger partial charge in [0.05, 0.1) is 18.2 Å². The van der Waals surface area contributed by atoms with Crippen LogP contribution in [0.4, 0.5) is 0 Å². The molecule has 142 valence electrons. The van der Waals surface area contributed by atoms with E-state index in [0.717, 1.165) is 5.56 Å². The SMILES string of the molecule is CC1(C)COC(Cn2cncn2)(c2ccc(Cl)cc2Cl)OC1.O=[N+]([O-])O. The molecule has 0 atom stereocenters. The zero-order chi connectivity index (χ0) is 19.4. The van der Waals surface area contributed by atoms with Gasteiger partial charge < -0.3 is 14.7 Å². The zero-order valence-corrected chi connectivity index (χ0v) is 15.6. The monoisotopic (exact) mass is 404 g/mol. The molecule has 0 bridgehead atoms. The Bertz CT molecular complexity index is 740. The molecular weight excluding hydrogens is 387 g/mol. The number of benzene rings is 1. The Hall–Kier alpha value is -1.94. The molecule has 11 heteroatoms. The first-order valence-corrected chi connectivity index (χ1v) is 8.28. The van der Waals surface area contributed by atoms with E-state index >= 15 is 0 Å². The van der Waals surface area contributed by atoms with Crippen molar-refractivity contribution in [1.29, 1.82) is 0 Å². The summed E-state index contributed by atoms with van der Waals surface area (Å²) in [5.74, 6) is -0.995. The minimum atomic E-state index is -1.50. The maximum Gasteiger partial charge on any atom is 0.291 e. The van der Waals surface area contributed by atoms with Gasteiger partial charge in [-0.3, -0.25) is 0 Å². The first-order valence-electron chi connectivity index (χ1n) is 7.53. The minimum Gasteiger partial charge on any atom is -0.344 e. The summed E-state index contributed by atoms with van der Waals surface area (Å²) in [4.78, 5) is 12.3. The van der Waals surface area contributed by atoms with E-state index in [1.54, 1.807) is 23.1 Å². The Kier molecular flexibility index (Phi) is 6.40. The molecule has 0 spiro atoms. The fourth-order valence-electron chi connectivity index (χ4n) is 2.37. The summed E-state index contributed by atoms with van der Waals surface area (Å²) in [6.45, 7) is 5.66. The summed E-state index contributed by atoms with van der Waals surface area (Å²) < 4.78 is 13.9. The van der Waals surface area contributed by atoms with E-state index in [4.69, 9.17) is 48.0 Å². The van der Waals surface area contributed by atoms with Crippen molar-refractivity contribution >= 4 is 23.2 Å². The lowest BCUT2D eigenvalue weighted by Crippen LogP contribution is -2.48. The van der Waals surface area contributed by atoms with Gasteiger partial charge >= 0.3 is 0 Å². The highest BCUT2D eigenvalue weighted by molar-refractivity contribution is 6.35. The van der Waals surface area contributed by atoms with Crippen LogP contribution in [0.3, 0.4) is 0 Å². The van der Waals surface area contributed by atoms with Gasteiger partial charge in [-0.2, -0.15) is 5.10 Å². The molecule has 1 N–H and O–H groups in total. The average molecular weight is 405 g/mol. The number of hydrogen-bond donors (Lipinski definition) is 1. The number of nitrogens with zero attached hydrogens (tertiary/aromatic N) is 4. The van der Waals surface area contributed by atoms with E-state index in [0.29, 0.717) is 29.8 Å². The van der Waals surface area contributed by atoms with Crippen LogP contribution in [-0.4, -0.2) is 38.3 Å². The molecule has 1 fully saturated rings. The van der Waals surface area contributed by atoms with E-state index in [1.807, 2.05) is 6.07 Å². The maximum atomic E-state index is 8.36. The third-order valence-electron chi connectivity index (χ3n) is 3.57. The van der Waals surface area contributed by atoms with Crippen LogP contribution in [0.15, 0.2) is 30.9 Å². The van der Waals surface area contributed by atoms with Crippen LogP contribution >= 0.6 is 23.2 Å². The molecule has 0 unspecified atom stereocenters. The summed E-state index contributed by atoms with van der Waals surface area (Å²) in [6.07, 6.45) is 3.10. The molecule has 0 saturated carbocycles. The third kappa shape index (κ3) is 5.28. The summed E-state index contributed by atoms with van der Waals surface area (Å²) in [7, 11) is 0. The smallest absolute Gasteiger partial charge is 0.291 e. The van der Waals surface area contributed by atoms with Gasteiger partial charge in [0.15, 0.2) is 0 Å². The molecule has 2 aromatic rings. The van der Waals surface area contributed by atoms with Gasteiger partial charge in [0.25, 0.3) is 5.09 Å². The average Bonchev–Trinajstić information content (AvgIpc) is 3.02. The number of aromatic nitrogens is 3. The second-order valence-corrected chi connectivity index (χ2v) is 7.29. The van der Waals surface area contributed by atoms with Gasteiger partial charge in [-0.15, -0.1) is 10.1 Å². The number of rotatable bonds is 3. The molecule has 1 aliphatic rings. The van der Waals surface area contributed by atoms with E-state index < -0.39 is 10.9 Å². The first-order chi connectivity index (χ1) is 12.1. The van der Waals surface area contributed by atoms with Crippen LogP contribution < -0.4 is 0 Å². The highest BCUT2D eigenvalue weighted by Crippen LogP contribution is 2.41. The van der Waals surface area contributed by atoms with Gasteiger partial charge in [0.2, 0.25) is 5.79 Å². The van der Waals surface area contributed by atoms with Crippen molar-refractivity contribution in [3.63, 3.8) is 0 Å². The second kappa shape index (κ2) is 8.17. The third-order valence-corrected chi connectivity index (χ3v) is 4.12. The first kappa shape index (κ1) is 20.4. The van der Waals surface area contributed by atoms with Crippen molar-refractivity contribution < 1.29 is 19.8 Å². The Morgan fingerprint density at radius 1 is 1.35 bits per heavy atom. The van der Waals surface area contributed by atoms with Crippen molar-refractivity contribution in [3.05, 3.63) is 56.6 Å². The number of ether oxygens (including phenoxy) is 2. The molecule has 26 heavy (non-hydrogen) atoms. The van der Waals surface area contributed by atoms with Gasteiger partial charge in [-0.05, 0) is 12.1 Å². The Morgan fingerprint density at radius 3 is 2.46 bits per heavy atom. The normalized spacial score (nSPS) is 17.8. The van der Waals surface area contributed by atoms with Gasteiger partial charge in [-0.1, -0.05) is 43.1 Å². The molecule has 1 aromatic heterocycles. The number of halogens is 2. The lowest BCUT2D eigenvalue weighted by molar-refractivity contribution is -0.742. The molecule has 1 saturated heterocycles. The lowest BCUT2D eigenvalue weighted by Gasteiger charge is -2.43. The molecule has 0 aliphatic carbocycles. The van der Waals surface area contributed by atoms with Crippen molar-refractivity contribution in [1.82, 2.24) is 14.8 Å². The highest BCUT2D eigenvalue weighted by atomic mass is 35.5. The predicted octanol–water partition coefficient (Wildman–Crippen LogP) is 3.16. The van der Waals surface area contributed by atoms with E-state index in [9.17, 15) is 0 Å². The number of hydrogen-bond acceptors (Lipinski definition) is 6. The van der Waals surface area contributed by atoms with Crippen molar-refractivity contribution in [2.45, 2.75) is 26.2 Å². The highest BCUT2D eigenvalue weighted by Gasteiger charge is 2.44. The van der Waals surface area contributed by atoms with E-state index in [2.05, 4.69) is 23.9 Å². The molecule has 1 aliphatic heterocycles. The largest absolute Gasteiger partial charge is 0.344 e. The van der Waals surface area contributed by atoms with E-state index in [-0.39, 0.29) is 5.41 Å². The standard InChI is InChI=1S/C15H17Cl2N3O2.HNO3/c1-14(2)7-21-15(22-8-14,6-20-10-18-9-19-20)12-4-3-11(16)5-13(12)17;2-1(3)4/h3-5,9-10H,6-8H2,1-2H3;(H,2,3,4). The van der Waals surface area contributed by atoms with Crippen molar-refractivity contribution in [2.75, 3.05) is 13.2 Å². The van der Waals surface area contributed by atoms with Crippen molar-refractivity contribution in [2.24, 2.45) is 5.41 Å². The Balaban J connectivity index is 0.000000552. The fraction of sp³-hybridized carbons (Fsp3) is 0.467. The molecular formula is C15H18Cl2N4O5. The molecule has 0 radical (unpaired) electrons. The fourth-order valence-corrected chi connectivity index (χ4v) is 2.92. The van der Waals surface area contributed by atoms with Crippen molar-refractivity contribution in [3.8, 4) is 0 Å². The maximum absolute atomic E-state index is 8.36. The van der Waals surface area contributed by atoms with Crippen LogP contribution in [0, 0.1) is 15.5 Å². The van der Waals surface area contributed by atoms with Crippen LogP contribution in [0.1, 0.15) is 19.4 Å². The van der Waals surface area contributed by atoms with Gasteiger partial charge in [-0.25, -0.2) is 9.67 Å². The molecule has 9 nitrogen and oxygen atoms in total. The van der Waals surface area contributed by atoms with Crippen LogP contribution in [0.25, 0.3) is 0 Å². The lowest BCUT2D eigenvalue weighted by atomic mass is 9.93. The van der Waals surface area contributed by atoms with Gasteiger partial charge in [0, 0.05) is 16.0 Å². The van der Waals surface area contributed by atoms with Crippen LogP contribution in [0.5, 0.6) is 0 Å². The molecule has 2 heterocycles. The second-order valence-electron chi connectivity index (χ2n) is 6.45. The van der Waals surface area contributed by atoms with Gasteiger partial charge in [0.1, 0.15) is 19.2 Å². The summed E-state index contributed by atoms with van der Waals surface area (Å²) in [5.41, 5.74) is 0.690. The quantitative estimate of drug-likeness (QED) is 0.617. The minimum absolute atomic E-state index is 0.0508. The molecule has 0 amide bonds. The van der Waals surface area contributed by atoms with Crippen LogP contribution in [-0.2, 0) is 21.8 Å². The van der Waals surface area contributed by atoms with E-state index in [1.165, 1.54) is 6.33 Å². The predicted molar refractivity (Wildman–Crippen MR) is 92.6 cm³/mol. The molecule has 1 aromatic carbocycles. The molecule has 3 rings (SSSR count). The topological polar surface area (TPSA) is 113 Å². The summed E-state index contributed by atoms with van der Waals surface area (Å²) in [6, 6.07) is 5.30. The Morgan fingerprint density at radius 2 is 1.96 bits per heavy atom.